The topological polar surface area (TPSA) is 108 Å². The number of carboxylic acids is 1. The normalized spacial score (nSPS) is 13.1. The average molecular weight is 402 g/mol. The van der Waals surface area contributed by atoms with E-state index in [1.165, 1.54) is 0 Å². The van der Waals surface area contributed by atoms with Crippen LogP contribution in [0, 0.1) is 0 Å². The molecule has 0 heterocycles. The van der Waals surface area contributed by atoms with Gasteiger partial charge in [0, 0.05) is 0 Å². The summed E-state index contributed by atoms with van der Waals surface area (Å²) >= 11 is 16.7. The maximum atomic E-state index is 10.5. The third kappa shape index (κ3) is 8.83. The Hall–Kier alpha value is -0.251. The second-order valence-electron chi connectivity index (χ2n) is 3.90. The van der Waals surface area contributed by atoms with Crippen molar-refractivity contribution in [1.29, 1.82) is 0 Å². The van der Waals surface area contributed by atoms with Crippen LogP contribution in [0.2, 0.25) is 0 Å². The second kappa shape index (κ2) is 10.5. The number of thiocarbonyl (C=S) groups is 2. The fourth-order valence-corrected chi connectivity index (χ4v) is 2.54. The first kappa shape index (κ1) is 19.7. The van der Waals surface area contributed by atoms with Gasteiger partial charge in [0.25, 0.3) is 0 Å². The van der Waals surface area contributed by atoms with Gasteiger partial charge in [0.15, 0.2) is 0 Å². The van der Waals surface area contributed by atoms with Crippen LogP contribution in [0.15, 0.2) is 0 Å². The summed E-state index contributed by atoms with van der Waals surface area (Å²) in [6.45, 7) is -0.190. The molecule has 0 amide bonds. The van der Waals surface area contributed by atoms with Crippen molar-refractivity contribution in [2.45, 2.75) is 24.9 Å². The summed E-state index contributed by atoms with van der Waals surface area (Å²) in [5.41, 5.74) is 5.59. The van der Waals surface area contributed by atoms with Crippen molar-refractivity contribution in [3.05, 3.63) is 0 Å². The van der Waals surface area contributed by atoms with E-state index < -0.39 is 12.0 Å². The van der Waals surface area contributed by atoms with Crippen LogP contribution < -0.4 is 16.4 Å². The quantitative estimate of drug-likeness (QED) is 0.160. The van der Waals surface area contributed by atoms with E-state index in [-0.39, 0.29) is 17.6 Å². The standard InChI is InChI=1S/C10H17N3O3S3Se/c11-5(10(16)19)1-2-7(18)13-6(4-17)9(20)12-3-8(14)15/h5-6,17H,1-4,11H2,(H,12,20)(H,13,18)(H,14,15)(H,16,19)/t5-,6-/m0/s1. The Morgan fingerprint density at radius 2 is 2.00 bits per heavy atom. The monoisotopic (exact) mass is 403 g/mol. The van der Waals surface area contributed by atoms with E-state index in [0.29, 0.717) is 28.1 Å². The van der Waals surface area contributed by atoms with Crippen LogP contribution in [0.1, 0.15) is 12.8 Å². The zero-order valence-electron chi connectivity index (χ0n) is 10.5. The number of rotatable bonds is 10. The molecule has 6 nitrogen and oxygen atoms in total. The summed E-state index contributed by atoms with van der Waals surface area (Å²) in [6, 6.07) is -0.816. The Bertz CT molecular complexity index is 395. The first-order valence-corrected chi connectivity index (χ1v) is 7.96. The van der Waals surface area contributed by atoms with Gasteiger partial charge in [-0.1, -0.05) is 0 Å². The van der Waals surface area contributed by atoms with Gasteiger partial charge in [-0.05, 0) is 0 Å². The van der Waals surface area contributed by atoms with Crippen molar-refractivity contribution < 1.29 is 15.0 Å². The van der Waals surface area contributed by atoms with Crippen molar-refractivity contribution >= 4 is 73.2 Å². The molecule has 0 aromatic carbocycles. The van der Waals surface area contributed by atoms with E-state index in [9.17, 15) is 4.79 Å². The van der Waals surface area contributed by atoms with E-state index >= 15 is 0 Å². The molecular formula is C10H17N3O3S3Se. The van der Waals surface area contributed by atoms with Crippen molar-refractivity contribution in [3.63, 3.8) is 0 Å². The summed E-state index contributed by atoms with van der Waals surface area (Å²) in [6.07, 6.45) is 0.902. The Morgan fingerprint density at radius 3 is 2.45 bits per heavy atom. The molecule has 0 unspecified atom stereocenters. The number of aliphatic hydroxyl groups excluding tert-OH is 1. The van der Waals surface area contributed by atoms with Gasteiger partial charge in [-0.15, -0.1) is 0 Å². The average Bonchev–Trinajstić information content (AvgIpc) is 2.38. The van der Waals surface area contributed by atoms with E-state index in [2.05, 4.69) is 51.1 Å². The van der Waals surface area contributed by atoms with Crippen molar-refractivity contribution in [3.8, 4) is 0 Å². The van der Waals surface area contributed by atoms with Gasteiger partial charge in [-0.2, -0.15) is 0 Å². The molecule has 114 valence electrons. The second-order valence-corrected chi connectivity index (χ2v) is 6.10. The first-order valence-electron chi connectivity index (χ1n) is 5.66. The SMILES string of the molecule is N[C@@H](CCC(=S)N[C@@H](CS)C(=[Se])NCC(=O)O)C(O)=S. The molecule has 6 N–H and O–H groups in total. The van der Waals surface area contributed by atoms with Gasteiger partial charge in [0.05, 0.1) is 0 Å². The zero-order chi connectivity index (χ0) is 15.7. The maximum absolute atomic E-state index is 10.5. The van der Waals surface area contributed by atoms with Gasteiger partial charge in [0.2, 0.25) is 0 Å². The molecule has 0 rings (SSSR count). The fourth-order valence-electron chi connectivity index (χ4n) is 1.16. The van der Waals surface area contributed by atoms with E-state index in [1.807, 2.05) is 0 Å². The van der Waals surface area contributed by atoms with Crippen molar-refractivity contribution in [2.75, 3.05) is 12.3 Å². The van der Waals surface area contributed by atoms with Crippen LogP contribution in [0.25, 0.3) is 0 Å². The number of carbonyl (C=O) groups is 1. The predicted octanol–water partition coefficient (Wildman–Crippen LogP) is -0.833. The number of nitrogens with two attached hydrogens (primary N) is 1. The molecule has 0 aromatic heterocycles. The van der Waals surface area contributed by atoms with Crippen LogP contribution in [0.4, 0.5) is 0 Å². The van der Waals surface area contributed by atoms with Gasteiger partial charge in [-0.25, -0.2) is 0 Å². The molecule has 0 fully saturated rings. The molecular weight excluding hydrogens is 385 g/mol. The molecule has 10 heteroatoms. The predicted molar refractivity (Wildman–Crippen MR) is 92.2 cm³/mol. The van der Waals surface area contributed by atoms with Crippen LogP contribution in [-0.2, 0) is 4.79 Å². The van der Waals surface area contributed by atoms with Gasteiger partial charge < -0.3 is 0 Å². The molecule has 20 heavy (non-hydrogen) atoms. The van der Waals surface area contributed by atoms with Crippen LogP contribution >= 0.6 is 37.1 Å². The van der Waals surface area contributed by atoms with E-state index in [4.69, 9.17) is 28.2 Å². The number of thiol groups is 1. The molecule has 0 aliphatic heterocycles. The minimum atomic E-state index is -0.958. The zero-order valence-corrected chi connectivity index (χ0v) is 14.8. The number of hydrogen-bond acceptors (Lipinski definition) is 6. The van der Waals surface area contributed by atoms with Crippen molar-refractivity contribution in [2.24, 2.45) is 5.73 Å². The third-order valence-corrected chi connectivity index (χ3v) is 4.14. The molecule has 0 aliphatic carbocycles. The van der Waals surface area contributed by atoms with Crippen molar-refractivity contribution in [1.82, 2.24) is 10.6 Å². The van der Waals surface area contributed by atoms with Crippen LogP contribution in [0.5, 0.6) is 0 Å². The molecule has 0 aliphatic rings. The number of aliphatic hydroxyl groups is 1. The molecule has 0 aromatic rings. The molecule has 0 saturated heterocycles. The van der Waals surface area contributed by atoms with Crippen LogP contribution in [0.3, 0.4) is 0 Å². The molecule has 0 radical (unpaired) electrons. The fraction of sp³-hybridized carbons (Fsp3) is 0.600. The summed E-state index contributed by atoms with van der Waals surface area (Å²) in [5, 5.41) is 23.1. The number of nitrogens with one attached hydrogen (secondary N) is 2. The summed E-state index contributed by atoms with van der Waals surface area (Å²) in [7, 11) is 0. The first-order chi connectivity index (χ1) is 9.27. The summed E-state index contributed by atoms with van der Waals surface area (Å²) < 4.78 is 0.617. The molecule has 0 bridgehead atoms. The summed E-state index contributed by atoms with van der Waals surface area (Å²) in [4.78, 5) is 11.0. The molecule has 0 saturated carbocycles. The molecule has 2 atom stereocenters. The van der Waals surface area contributed by atoms with Gasteiger partial charge in [-0.3, -0.25) is 0 Å². The Balaban J connectivity index is 4.21. The number of aliphatic carboxylic acids is 1. The molecule has 0 spiro atoms. The van der Waals surface area contributed by atoms with E-state index in [1.54, 1.807) is 0 Å². The summed E-state index contributed by atoms with van der Waals surface area (Å²) in [5.74, 6) is -0.528. The van der Waals surface area contributed by atoms with E-state index in [0.717, 1.165) is 0 Å². The Morgan fingerprint density at radius 1 is 1.40 bits per heavy atom. The Labute approximate surface area is 141 Å². The Kier molecular flexibility index (Phi) is 10.3. The van der Waals surface area contributed by atoms with Gasteiger partial charge in [0.1, 0.15) is 0 Å². The third-order valence-electron chi connectivity index (χ3n) is 2.25. The number of hydrogen-bond donors (Lipinski definition) is 6. The van der Waals surface area contributed by atoms with Crippen LogP contribution in [-0.4, -0.2) is 70.7 Å². The number of carboxylic acid groups (broad SMARTS) is 1. The minimum absolute atomic E-state index is 0.190. The van der Waals surface area contributed by atoms with Gasteiger partial charge >= 0.3 is 142 Å².